The van der Waals surface area contributed by atoms with Crippen molar-refractivity contribution >= 4 is 38.6 Å². The van der Waals surface area contributed by atoms with Crippen LogP contribution < -0.4 is 5.73 Å². The van der Waals surface area contributed by atoms with E-state index in [1.165, 1.54) is 37.5 Å². The highest BCUT2D eigenvalue weighted by Gasteiger charge is 2.25. The molecule has 0 aliphatic rings. The summed E-state index contributed by atoms with van der Waals surface area (Å²) < 4.78 is 25.4. The fourth-order valence-corrected chi connectivity index (χ4v) is 5.13. The second-order valence-electron chi connectivity index (χ2n) is 6.03. The van der Waals surface area contributed by atoms with Crippen LogP contribution in [0.2, 0.25) is 5.02 Å². The average Bonchev–Trinajstić information content (AvgIpc) is 3.12. The number of benzene rings is 1. The Morgan fingerprint density at radius 2 is 1.96 bits per heavy atom. The molecule has 1 aromatic carbocycles. The predicted octanol–water partition coefficient (Wildman–Crippen LogP) is 2.47. The predicted molar refractivity (Wildman–Crippen MR) is 103 cm³/mol. The maximum Gasteiger partial charge on any atom is 0.219 e. The van der Waals surface area contributed by atoms with Crippen molar-refractivity contribution < 1.29 is 18.6 Å². The van der Waals surface area contributed by atoms with Crippen LogP contribution in [0.5, 0.6) is 0 Å². The Labute approximate surface area is 165 Å². The molecule has 142 valence electrons. The molecule has 2 heterocycles. The quantitative estimate of drug-likeness (QED) is 0.573. The minimum atomic E-state index is -3.77. The van der Waals surface area contributed by atoms with Crippen LogP contribution in [0.4, 0.5) is 5.82 Å². The van der Waals surface area contributed by atoms with Crippen LogP contribution in [-0.2, 0) is 15.4 Å². The number of rotatable bonds is 5. The van der Waals surface area contributed by atoms with Gasteiger partial charge in [0.15, 0.2) is 0 Å². The highest BCUT2D eigenvalue weighted by atomic mass is 35.5. The van der Waals surface area contributed by atoms with Crippen molar-refractivity contribution in [3.63, 3.8) is 0 Å². The highest BCUT2D eigenvalue weighted by Crippen LogP contribution is 2.36. The van der Waals surface area contributed by atoms with Gasteiger partial charge in [0, 0.05) is 11.8 Å². The molecule has 0 saturated carbocycles. The van der Waals surface area contributed by atoms with Gasteiger partial charge in [-0.15, -0.1) is 11.3 Å². The molecule has 1 atom stereocenters. The van der Waals surface area contributed by atoms with Gasteiger partial charge in [0.1, 0.15) is 20.6 Å². The van der Waals surface area contributed by atoms with Crippen molar-refractivity contribution in [1.82, 2.24) is 9.97 Å². The van der Waals surface area contributed by atoms with Crippen molar-refractivity contribution in [2.75, 3.05) is 12.3 Å². The first-order chi connectivity index (χ1) is 12.6. The molecule has 3 aromatic rings. The maximum atomic E-state index is 12.7. The summed E-state index contributed by atoms with van der Waals surface area (Å²) in [5.74, 6) is 0.226. The van der Waals surface area contributed by atoms with Crippen LogP contribution in [0.3, 0.4) is 0 Å². The van der Waals surface area contributed by atoms with E-state index in [-0.39, 0.29) is 19.9 Å². The van der Waals surface area contributed by atoms with E-state index < -0.39 is 22.0 Å². The van der Waals surface area contributed by atoms with Crippen LogP contribution in [0.15, 0.2) is 51.8 Å². The first-order valence-electron chi connectivity index (χ1n) is 7.71. The largest absolute Gasteiger partial charge is 0.393 e. The number of nitrogen functional groups attached to an aromatic ring is 1. The molecule has 0 aliphatic carbocycles. The Bertz CT molecular complexity index is 1080. The van der Waals surface area contributed by atoms with Crippen molar-refractivity contribution in [3.05, 3.63) is 53.3 Å². The average molecular weight is 426 g/mol. The summed E-state index contributed by atoms with van der Waals surface area (Å²) in [6.45, 7) is 1.00. The standard InChI is InChI=1S/C17H16ClN3O4S2/c1-17(23,9-22)10-2-4-12(13(18)6-10)16-21-8-15(26-16)27(24,25)11-3-5-14(19)20-7-11/h2-8,22-23H,9H2,1H3,(H2,19,20). The van der Waals surface area contributed by atoms with Crippen molar-refractivity contribution in [2.24, 2.45) is 0 Å². The highest BCUT2D eigenvalue weighted by molar-refractivity contribution is 7.93. The fraction of sp³-hybridized carbons (Fsp3) is 0.176. The summed E-state index contributed by atoms with van der Waals surface area (Å²) in [6, 6.07) is 7.55. The number of nitrogens with zero attached hydrogens (tertiary/aromatic N) is 2. The van der Waals surface area contributed by atoms with Gasteiger partial charge >= 0.3 is 0 Å². The van der Waals surface area contributed by atoms with Gasteiger partial charge < -0.3 is 15.9 Å². The molecule has 0 fully saturated rings. The number of hydrogen-bond donors (Lipinski definition) is 3. The number of aromatic nitrogens is 2. The molecule has 0 spiro atoms. The molecule has 10 heteroatoms. The molecular formula is C17H16ClN3O4S2. The Kier molecular flexibility index (Phi) is 5.24. The number of aliphatic hydroxyl groups is 2. The molecule has 0 amide bonds. The normalized spacial score (nSPS) is 14.1. The summed E-state index contributed by atoms with van der Waals surface area (Å²) in [7, 11) is -3.77. The van der Waals surface area contributed by atoms with E-state index in [1.54, 1.807) is 12.1 Å². The van der Waals surface area contributed by atoms with E-state index in [1.807, 2.05) is 0 Å². The van der Waals surface area contributed by atoms with E-state index in [2.05, 4.69) is 9.97 Å². The second kappa shape index (κ2) is 7.17. The molecule has 0 radical (unpaired) electrons. The third kappa shape index (κ3) is 3.83. The van der Waals surface area contributed by atoms with Gasteiger partial charge in [0.05, 0.1) is 22.7 Å². The van der Waals surface area contributed by atoms with E-state index in [0.29, 0.717) is 16.1 Å². The summed E-state index contributed by atoms with van der Waals surface area (Å²) >= 11 is 7.26. The molecule has 3 rings (SSSR count). The number of pyridine rings is 1. The summed E-state index contributed by atoms with van der Waals surface area (Å²) in [5, 5.41) is 20.1. The van der Waals surface area contributed by atoms with E-state index in [4.69, 9.17) is 17.3 Å². The van der Waals surface area contributed by atoms with Crippen LogP contribution in [0, 0.1) is 0 Å². The number of halogens is 1. The molecule has 4 N–H and O–H groups in total. The summed E-state index contributed by atoms with van der Waals surface area (Å²) in [6.07, 6.45) is 2.46. The maximum absolute atomic E-state index is 12.7. The molecule has 7 nitrogen and oxygen atoms in total. The molecule has 0 saturated heterocycles. The van der Waals surface area contributed by atoms with Gasteiger partial charge in [-0.1, -0.05) is 23.7 Å². The van der Waals surface area contributed by atoms with Gasteiger partial charge in [-0.25, -0.2) is 18.4 Å². The van der Waals surface area contributed by atoms with Gasteiger partial charge in [0.2, 0.25) is 9.84 Å². The summed E-state index contributed by atoms with van der Waals surface area (Å²) in [5.41, 5.74) is 5.03. The molecular weight excluding hydrogens is 410 g/mol. The Morgan fingerprint density at radius 1 is 1.22 bits per heavy atom. The number of aliphatic hydroxyl groups excluding tert-OH is 1. The zero-order chi connectivity index (χ0) is 19.8. The lowest BCUT2D eigenvalue weighted by Crippen LogP contribution is -2.25. The molecule has 0 bridgehead atoms. The Morgan fingerprint density at radius 3 is 2.56 bits per heavy atom. The smallest absolute Gasteiger partial charge is 0.219 e. The van der Waals surface area contributed by atoms with Crippen LogP contribution in [0.1, 0.15) is 12.5 Å². The lowest BCUT2D eigenvalue weighted by atomic mass is 9.96. The van der Waals surface area contributed by atoms with Gasteiger partial charge in [-0.05, 0) is 30.7 Å². The first-order valence-corrected chi connectivity index (χ1v) is 10.4. The van der Waals surface area contributed by atoms with Crippen LogP contribution in [0.25, 0.3) is 10.6 Å². The Balaban J connectivity index is 1.98. The number of thiazole rings is 1. The molecule has 2 aromatic heterocycles. The van der Waals surface area contributed by atoms with E-state index >= 15 is 0 Å². The minimum absolute atomic E-state index is 0.0207. The Hall–Kier alpha value is -2.04. The van der Waals surface area contributed by atoms with Gasteiger partial charge in [0.25, 0.3) is 0 Å². The fourth-order valence-electron chi connectivity index (χ4n) is 2.29. The van der Waals surface area contributed by atoms with Crippen molar-refractivity contribution in [2.45, 2.75) is 21.6 Å². The molecule has 0 aliphatic heterocycles. The second-order valence-corrected chi connectivity index (χ2v) is 9.65. The number of sulfone groups is 1. The lowest BCUT2D eigenvalue weighted by Gasteiger charge is -2.21. The number of anilines is 1. The lowest BCUT2D eigenvalue weighted by molar-refractivity contribution is -0.00226. The third-order valence-corrected chi connectivity index (χ3v) is 7.49. The van der Waals surface area contributed by atoms with Crippen LogP contribution >= 0.6 is 22.9 Å². The zero-order valence-corrected chi connectivity index (χ0v) is 16.5. The monoisotopic (exact) mass is 425 g/mol. The van der Waals surface area contributed by atoms with Crippen molar-refractivity contribution in [3.8, 4) is 10.6 Å². The molecule has 1 unspecified atom stereocenters. The van der Waals surface area contributed by atoms with E-state index in [9.17, 15) is 18.6 Å². The van der Waals surface area contributed by atoms with Crippen molar-refractivity contribution in [1.29, 1.82) is 0 Å². The summed E-state index contributed by atoms with van der Waals surface area (Å²) in [4.78, 5) is 8.00. The van der Waals surface area contributed by atoms with Gasteiger partial charge in [-0.2, -0.15) is 0 Å². The van der Waals surface area contributed by atoms with E-state index in [0.717, 1.165) is 11.3 Å². The topological polar surface area (TPSA) is 126 Å². The SMILES string of the molecule is CC(O)(CO)c1ccc(-c2ncc(S(=O)(=O)c3ccc(N)nc3)s2)c(Cl)c1. The number of nitrogens with two attached hydrogens (primary N) is 1. The molecule has 27 heavy (non-hydrogen) atoms. The zero-order valence-electron chi connectivity index (χ0n) is 14.1. The van der Waals surface area contributed by atoms with Crippen LogP contribution in [-0.4, -0.2) is 35.2 Å². The van der Waals surface area contributed by atoms with Gasteiger partial charge in [-0.3, -0.25) is 0 Å². The third-order valence-electron chi connectivity index (χ3n) is 3.95. The minimum Gasteiger partial charge on any atom is -0.393 e. The first kappa shape index (κ1) is 19.7. The number of hydrogen-bond acceptors (Lipinski definition) is 8.